The number of aromatic carboxylic acids is 1. The number of aryl methyl sites for hydroxylation is 1. The largest absolute Gasteiger partial charge is 0.478 e. The van der Waals surface area contributed by atoms with Gasteiger partial charge in [-0.05, 0) is 42.5 Å². The fourth-order valence-electron chi connectivity index (χ4n) is 3.95. The van der Waals surface area contributed by atoms with Crippen molar-refractivity contribution >= 4 is 17.8 Å². The lowest BCUT2D eigenvalue weighted by molar-refractivity contribution is -0.144. The third-order valence-corrected chi connectivity index (χ3v) is 6.02. The predicted molar refractivity (Wildman–Crippen MR) is 142 cm³/mol. The first kappa shape index (κ1) is 28.5. The molecule has 0 saturated carbocycles. The number of nitrogens with zero attached hydrogens (tertiary/aromatic N) is 3. The van der Waals surface area contributed by atoms with E-state index < -0.39 is 18.0 Å². The quantitative estimate of drug-likeness (QED) is 0.274. The van der Waals surface area contributed by atoms with Gasteiger partial charge < -0.3 is 20.9 Å². The summed E-state index contributed by atoms with van der Waals surface area (Å²) in [7, 11) is 0. The minimum atomic E-state index is -0.964. The lowest BCUT2D eigenvalue weighted by Gasteiger charge is -2.10. The summed E-state index contributed by atoms with van der Waals surface area (Å²) < 4.78 is 6.71. The van der Waals surface area contributed by atoms with E-state index in [2.05, 4.69) is 22.3 Å². The minimum absolute atomic E-state index is 0.0980. The number of ether oxygens (including phenoxy) is 1. The maximum Gasteiger partial charge on any atom is 0.336 e. The number of unbranched alkanes of at least 4 members (excludes halogenated alkanes) is 1. The summed E-state index contributed by atoms with van der Waals surface area (Å²) >= 11 is 0. The van der Waals surface area contributed by atoms with Crippen molar-refractivity contribution in [1.82, 2.24) is 20.1 Å². The van der Waals surface area contributed by atoms with Crippen LogP contribution >= 0.6 is 0 Å². The number of esters is 1. The zero-order chi connectivity index (χ0) is 27.5. The highest BCUT2D eigenvalue weighted by molar-refractivity contribution is 5.96. The van der Waals surface area contributed by atoms with E-state index in [0.29, 0.717) is 17.9 Å². The van der Waals surface area contributed by atoms with Gasteiger partial charge in [-0.15, -0.1) is 0 Å². The Labute approximate surface area is 222 Å². The standard InChI is InChI=1S/C28H35N5O5/c1-3-5-10-25-31-24(17-30-26(34)16-15-23(29)28(37)38-4-2)32-33(25)18-19-11-13-20(14-12-19)21-8-6-7-9-22(21)27(35)36/h6-9,11-14,23H,3-5,10,15-18,29H2,1-2H3,(H,30,34)(H,35,36). The predicted octanol–water partition coefficient (Wildman–Crippen LogP) is 3.32. The van der Waals surface area contributed by atoms with E-state index in [1.165, 1.54) is 0 Å². The molecule has 38 heavy (non-hydrogen) atoms. The molecule has 0 bridgehead atoms. The van der Waals surface area contributed by atoms with Crippen molar-refractivity contribution in [2.45, 2.75) is 65.1 Å². The van der Waals surface area contributed by atoms with E-state index in [4.69, 9.17) is 10.5 Å². The monoisotopic (exact) mass is 521 g/mol. The van der Waals surface area contributed by atoms with Crippen molar-refractivity contribution in [3.8, 4) is 11.1 Å². The fourth-order valence-corrected chi connectivity index (χ4v) is 3.95. The van der Waals surface area contributed by atoms with Crippen LogP contribution in [0.5, 0.6) is 0 Å². The Kier molecular flexibility index (Phi) is 10.5. The molecule has 1 amide bonds. The summed E-state index contributed by atoms with van der Waals surface area (Å²) in [6, 6.07) is 13.8. The van der Waals surface area contributed by atoms with Crippen LogP contribution in [-0.4, -0.2) is 50.4 Å². The van der Waals surface area contributed by atoms with Gasteiger partial charge in [-0.3, -0.25) is 9.59 Å². The molecule has 1 unspecified atom stereocenters. The zero-order valence-corrected chi connectivity index (χ0v) is 21.9. The first-order chi connectivity index (χ1) is 18.3. The molecule has 2 aromatic carbocycles. The molecule has 10 heteroatoms. The number of amides is 1. The highest BCUT2D eigenvalue weighted by Crippen LogP contribution is 2.24. The smallest absolute Gasteiger partial charge is 0.336 e. The number of benzene rings is 2. The van der Waals surface area contributed by atoms with Gasteiger partial charge in [0, 0.05) is 12.8 Å². The van der Waals surface area contributed by atoms with Gasteiger partial charge in [0.05, 0.1) is 25.3 Å². The normalized spacial score (nSPS) is 11.7. The number of nitrogens with two attached hydrogens (primary N) is 1. The molecule has 202 valence electrons. The molecule has 1 heterocycles. The third kappa shape index (κ3) is 7.97. The summed E-state index contributed by atoms with van der Waals surface area (Å²) in [5, 5.41) is 16.9. The average Bonchev–Trinajstić information content (AvgIpc) is 3.30. The van der Waals surface area contributed by atoms with Gasteiger partial charge in [-0.1, -0.05) is 55.8 Å². The number of carbonyl (C=O) groups excluding carboxylic acids is 2. The van der Waals surface area contributed by atoms with Gasteiger partial charge in [-0.2, -0.15) is 5.10 Å². The number of hydrogen-bond acceptors (Lipinski definition) is 7. The highest BCUT2D eigenvalue weighted by atomic mass is 16.5. The van der Waals surface area contributed by atoms with Crippen LogP contribution in [0.2, 0.25) is 0 Å². The van der Waals surface area contributed by atoms with Gasteiger partial charge in [0.2, 0.25) is 5.91 Å². The molecule has 0 radical (unpaired) electrons. The topological polar surface area (TPSA) is 149 Å². The molecular formula is C28H35N5O5. The molecular weight excluding hydrogens is 486 g/mol. The van der Waals surface area contributed by atoms with Crippen LogP contribution in [0.1, 0.15) is 67.1 Å². The first-order valence-electron chi connectivity index (χ1n) is 12.9. The van der Waals surface area contributed by atoms with E-state index in [0.717, 1.165) is 36.2 Å². The lowest BCUT2D eigenvalue weighted by atomic mass is 9.99. The summed E-state index contributed by atoms with van der Waals surface area (Å²) in [5.74, 6) is -0.380. The molecule has 0 aliphatic rings. The number of rotatable bonds is 14. The molecule has 0 fully saturated rings. The summed E-state index contributed by atoms with van der Waals surface area (Å²) in [6.07, 6.45) is 3.02. The van der Waals surface area contributed by atoms with Crippen LogP contribution in [0.3, 0.4) is 0 Å². The SMILES string of the molecule is CCCCc1nc(CNC(=O)CCC(N)C(=O)OCC)nn1Cc1ccc(-c2ccccc2C(=O)O)cc1. The second-order valence-corrected chi connectivity index (χ2v) is 8.93. The zero-order valence-electron chi connectivity index (χ0n) is 21.9. The Bertz CT molecular complexity index is 1240. The van der Waals surface area contributed by atoms with Crippen molar-refractivity contribution in [2.24, 2.45) is 5.73 Å². The molecule has 10 nitrogen and oxygen atoms in total. The van der Waals surface area contributed by atoms with Crippen LogP contribution < -0.4 is 11.1 Å². The lowest BCUT2D eigenvalue weighted by Crippen LogP contribution is -2.34. The number of carbonyl (C=O) groups is 3. The number of hydrogen-bond donors (Lipinski definition) is 3. The highest BCUT2D eigenvalue weighted by Gasteiger charge is 2.17. The van der Waals surface area contributed by atoms with Crippen molar-refractivity contribution in [3.05, 3.63) is 71.3 Å². The van der Waals surface area contributed by atoms with E-state index in [1.54, 1.807) is 25.1 Å². The van der Waals surface area contributed by atoms with E-state index in [1.807, 2.05) is 35.0 Å². The molecule has 0 aliphatic heterocycles. The van der Waals surface area contributed by atoms with Crippen LogP contribution in [0, 0.1) is 0 Å². The van der Waals surface area contributed by atoms with Gasteiger partial charge in [0.1, 0.15) is 11.9 Å². The first-order valence-corrected chi connectivity index (χ1v) is 12.9. The number of aromatic nitrogens is 3. The van der Waals surface area contributed by atoms with Crippen molar-refractivity contribution in [3.63, 3.8) is 0 Å². The fraction of sp³-hybridized carbons (Fsp3) is 0.393. The molecule has 1 aromatic heterocycles. The Morgan fingerprint density at radius 3 is 2.53 bits per heavy atom. The summed E-state index contributed by atoms with van der Waals surface area (Å²) in [6.45, 7) is 4.72. The van der Waals surface area contributed by atoms with Crippen LogP contribution in [0.4, 0.5) is 0 Å². The van der Waals surface area contributed by atoms with E-state index in [-0.39, 0.29) is 37.5 Å². The van der Waals surface area contributed by atoms with E-state index in [9.17, 15) is 19.5 Å². The summed E-state index contributed by atoms with van der Waals surface area (Å²) in [4.78, 5) is 40.1. The van der Waals surface area contributed by atoms with Crippen molar-refractivity contribution < 1.29 is 24.2 Å². The van der Waals surface area contributed by atoms with Gasteiger partial charge in [0.25, 0.3) is 0 Å². The van der Waals surface area contributed by atoms with Crippen molar-refractivity contribution in [1.29, 1.82) is 0 Å². The Hall–Kier alpha value is -4.05. The number of carboxylic acids is 1. The third-order valence-electron chi connectivity index (χ3n) is 6.02. The second kappa shape index (κ2) is 14.0. The van der Waals surface area contributed by atoms with Crippen molar-refractivity contribution in [2.75, 3.05) is 6.61 Å². The molecule has 3 rings (SSSR count). The average molecular weight is 522 g/mol. The van der Waals surface area contributed by atoms with E-state index >= 15 is 0 Å². The van der Waals surface area contributed by atoms with Crippen LogP contribution in [0.25, 0.3) is 11.1 Å². The molecule has 0 saturated heterocycles. The maximum atomic E-state index is 12.3. The molecule has 4 N–H and O–H groups in total. The maximum absolute atomic E-state index is 12.3. The Balaban J connectivity index is 1.65. The minimum Gasteiger partial charge on any atom is -0.478 e. The molecule has 0 aliphatic carbocycles. The molecule has 1 atom stereocenters. The van der Waals surface area contributed by atoms with Gasteiger partial charge >= 0.3 is 11.9 Å². The number of nitrogens with one attached hydrogen (secondary N) is 1. The molecule has 3 aromatic rings. The van der Waals surface area contributed by atoms with Crippen LogP contribution in [-0.2, 0) is 33.8 Å². The Morgan fingerprint density at radius 2 is 1.84 bits per heavy atom. The second-order valence-electron chi connectivity index (χ2n) is 8.93. The van der Waals surface area contributed by atoms with Gasteiger partial charge in [0.15, 0.2) is 5.82 Å². The molecule has 0 spiro atoms. The Morgan fingerprint density at radius 1 is 1.11 bits per heavy atom. The number of carboxylic acid groups (broad SMARTS) is 1. The van der Waals surface area contributed by atoms with Crippen LogP contribution in [0.15, 0.2) is 48.5 Å². The van der Waals surface area contributed by atoms with Gasteiger partial charge in [-0.25, -0.2) is 14.5 Å². The summed E-state index contributed by atoms with van der Waals surface area (Å²) in [5.41, 5.74) is 8.49.